The Hall–Kier alpha value is -1.77. The Labute approximate surface area is 344 Å². The lowest BCUT2D eigenvalue weighted by Crippen LogP contribution is -2.37. The van der Waals surface area contributed by atoms with Gasteiger partial charge in [0.25, 0.3) is 7.82 Å². The molecule has 0 bridgehead atoms. The van der Waals surface area contributed by atoms with E-state index in [1.165, 1.54) is 89.9 Å². The Morgan fingerprint density at radius 3 is 1.45 bits per heavy atom. The largest absolute Gasteiger partial charge is 0.756 e. The number of hydrogen-bond donors (Lipinski definition) is 0. The van der Waals surface area contributed by atoms with E-state index >= 15 is 0 Å². The molecule has 0 aromatic carbocycles. The number of nitrogens with zero attached hydrogens (tertiary/aromatic N) is 1. The quantitative estimate of drug-likeness (QED) is 0.0197. The predicted molar refractivity (Wildman–Crippen MR) is 231 cm³/mol. The number of likely N-dealkylation sites (N-methyl/N-ethyl adjacent to an activating group) is 1. The van der Waals surface area contributed by atoms with Crippen LogP contribution in [0.15, 0.2) is 36.5 Å². The van der Waals surface area contributed by atoms with E-state index in [1.54, 1.807) is 0 Å². The number of carbonyl (C=O) groups excluding carboxylic acids is 2. The lowest BCUT2D eigenvalue weighted by atomic mass is 10.1. The standard InChI is InChI=1S/C46H86NO8P/c1-6-8-10-12-14-16-18-20-22-23-24-25-27-29-31-33-35-37-39-46(49)55-44(43-54-56(50,51)53-41-40-47(3,4)5)42-52-45(48)38-36-34-32-30-28-26-21-19-17-15-13-11-9-7-2/h16,18-19,21-23,44H,6-15,17,20,24-43H2,1-5H3/b18-16-,21-19-,23-22-. The van der Waals surface area contributed by atoms with Crippen molar-refractivity contribution in [3.63, 3.8) is 0 Å². The molecule has 0 aromatic heterocycles. The summed E-state index contributed by atoms with van der Waals surface area (Å²) in [6.45, 7) is 4.19. The monoisotopic (exact) mass is 812 g/mol. The first-order valence-corrected chi connectivity index (χ1v) is 24.2. The van der Waals surface area contributed by atoms with Crippen molar-refractivity contribution in [3.8, 4) is 0 Å². The van der Waals surface area contributed by atoms with Gasteiger partial charge in [-0.25, -0.2) is 0 Å². The van der Waals surface area contributed by atoms with Gasteiger partial charge in [-0.3, -0.25) is 14.2 Å². The summed E-state index contributed by atoms with van der Waals surface area (Å²) in [5.74, 6) is -0.852. The third-order valence-corrected chi connectivity index (χ3v) is 10.6. The van der Waals surface area contributed by atoms with E-state index in [4.69, 9.17) is 18.5 Å². The second-order valence-electron chi connectivity index (χ2n) is 16.4. The second kappa shape index (κ2) is 38.7. The molecule has 0 rings (SSSR count). The van der Waals surface area contributed by atoms with Crippen molar-refractivity contribution in [2.75, 3.05) is 47.5 Å². The van der Waals surface area contributed by atoms with E-state index in [9.17, 15) is 19.0 Å². The zero-order valence-corrected chi connectivity index (χ0v) is 37.7. The van der Waals surface area contributed by atoms with E-state index < -0.39 is 32.5 Å². The Bertz CT molecular complexity index is 1050. The first kappa shape index (κ1) is 54.2. The summed E-state index contributed by atoms with van der Waals surface area (Å²) < 4.78 is 33.9. The number of allylic oxidation sites excluding steroid dienone is 6. The minimum Gasteiger partial charge on any atom is -0.756 e. The van der Waals surface area contributed by atoms with Crippen LogP contribution in [0.5, 0.6) is 0 Å². The molecule has 328 valence electrons. The van der Waals surface area contributed by atoms with E-state index in [0.29, 0.717) is 17.4 Å². The molecule has 0 aliphatic rings. The molecule has 0 aliphatic carbocycles. The summed E-state index contributed by atoms with van der Waals surface area (Å²) in [5.41, 5.74) is 0. The molecule has 56 heavy (non-hydrogen) atoms. The lowest BCUT2D eigenvalue weighted by molar-refractivity contribution is -0.870. The highest BCUT2D eigenvalue weighted by Gasteiger charge is 2.21. The van der Waals surface area contributed by atoms with Gasteiger partial charge >= 0.3 is 11.9 Å². The van der Waals surface area contributed by atoms with Crippen molar-refractivity contribution in [3.05, 3.63) is 36.5 Å². The third-order valence-electron chi connectivity index (χ3n) is 9.63. The first-order valence-electron chi connectivity index (χ1n) is 22.7. The van der Waals surface area contributed by atoms with Gasteiger partial charge in [-0.05, 0) is 70.6 Å². The second-order valence-corrected chi connectivity index (χ2v) is 17.8. The fraction of sp³-hybridized carbons (Fsp3) is 0.826. The highest BCUT2D eigenvalue weighted by atomic mass is 31.2. The molecule has 10 heteroatoms. The van der Waals surface area contributed by atoms with Gasteiger partial charge in [0.1, 0.15) is 19.8 Å². The van der Waals surface area contributed by atoms with Crippen molar-refractivity contribution < 1.29 is 42.1 Å². The molecule has 0 heterocycles. The smallest absolute Gasteiger partial charge is 0.306 e. The van der Waals surface area contributed by atoms with Crippen LogP contribution in [0.4, 0.5) is 0 Å². The van der Waals surface area contributed by atoms with Crippen LogP contribution >= 0.6 is 7.82 Å². The van der Waals surface area contributed by atoms with E-state index in [2.05, 4.69) is 50.3 Å². The highest BCUT2D eigenvalue weighted by molar-refractivity contribution is 7.45. The van der Waals surface area contributed by atoms with Gasteiger partial charge < -0.3 is 27.9 Å². The van der Waals surface area contributed by atoms with Gasteiger partial charge in [-0.2, -0.15) is 0 Å². The maximum atomic E-state index is 12.7. The van der Waals surface area contributed by atoms with Crippen molar-refractivity contribution in [1.82, 2.24) is 0 Å². The number of carbonyl (C=O) groups is 2. The van der Waals surface area contributed by atoms with E-state index in [-0.39, 0.29) is 26.1 Å². The summed E-state index contributed by atoms with van der Waals surface area (Å²) in [4.78, 5) is 37.5. The van der Waals surface area contributed by atoms with Gasteiger partial charge in [0.2, 0.25) is 0 Å². The van der Waals surface area contributed by atoms with Crippen molar-refractivity contribution in [2.45, 2.75) is 200 Å². The van der Waals surface area contributed by atoms with E-state index in [0.717, 1.165) is 70.6 Å². The Morgan fingerprint density at radius 1 is 0.554 bits per heavy atom. The third kappa shape index (κ3) is 41.9. The molecule has 0 aliphatic heterocycles. The van der Waals surface area contributed by atoms with Crippen LogP contribution in [-0.2, 0) is 32.7 Å². The number of ether oxygens (including phenoxy) is 2. The maximum Gasteiger partial charge on any atom is 0.306 e. The normalized spacial score (nSPS) is 13.9. The van der Waals surface area contributed by atoms with Gasteiger partial charge in [0.05, 0.1) is 27.7 Å². The number of hydrogen-bond acceptors (Lipinski definition) is 8. The fourth-order valence-corrected chi connectivity index (χ4v) is 6.76. The van der Waals surface area contributed by atoms with Crippen molar-refractivity contribution in [1.29, 1.82) is 0 Å². The molecule has 0 amide bonds. The van der Waals surface area contributed by atoms with Crippen LogP contribution in [0.1, 0.15) is 194 Å². The average Bonchev–Trinajstić information content (AvgIpc) is 3.15. The zero-order chi connectivity index (χ0) is 41.4. The van der Waals surface area contributed by atoms with Crippen LogP contribution in [0.3, 0.4) is 0 Å². The molecule has 0 spiro atoms. The summed E-state index contributed by atoms with van der Waals surface area (Å²) in [6, 6.07) is 0. The zero-order valence-electron chi connectivity index (χ0n) is 36.8. The lowest BCUT2D eigenvalue weighted by Gasteiger charge is -2.28. The molecule has 9 nitrogen and oxygen atoms in total. The van der Waals surface area contributed by atoms with Crippen LogP contribution in [0.25, 0.3) is 0 Å². The van der Waals surface area contributed by atoms with Gasteiger partial charge in [0, 0.05) is 12.8 Å². The Kier molecular flexibility index (Phi) is 37.5. The van der Waals surface area contributed by atoms with Crippen LogP contribution in [-0.4, -0.2) is 70.0 Å². The predicted octanol–water partition coefficient (Wildman–Crippen LogP) is 12.3. The minimum atomic E-state index is -4.63. The van der Waals surface area contributed by atoms with Crippen LogP contribution in [0, 0.1) is 0 Å². The number of rotatable bonds is 41. The highest BCUT2D eigenvalue weighted by Crippen LogP contribution is 2.38. The summed E-state index contributed by atoms with van der Waals surface area (Å²) in [7, 11) is 1.15. The fourth-order valence-electron chi connectivity index (χ4n) is 6.03. The number of unbranched alkanes of at least 4 members (excludes halogenated alkanes) is 21. The van der Waals surface area contributed by atoms with Gasteiger partial charge in [-0.1, -0.05) is 147 Å². The molecule has 0 radical (unpaired) electrons. The number of phosphoric ester groups is 1. The van der Waals surface area contributed by atoms with Crippen LogP contribution in [0.2, 0.25) is 0 Å². The molecular weight excluding hydrogens is 725 g/mol. The van der Waals surface area contributed by atoms with Gasteiger partial charge in [-0.15, -0.1) is 0 Å². The summed E-state index contributed by atoms with van der Waals surface area (Å²) >= 11 is 0. The minimum absolute atomic E-state index is 0.0339. The molecular formula is C46H86NO8P. The van der Waals surface area contributed by atoms with Crippen molar-refractivity contribution >= 4 is 19.8 Å². The topological polar surface area (TPSA) is 111 Å². The van der Waals surface area contributed by atoms with E-state index in [1.807, 2.05) is 21.1 Å². The average molecular weight is 812 g/mol. The summed E-state index contributed by atoms with van der Waals surface area (Å²) in [5, 5.41) is 0. The molecule has 2 unspecified atom stereocenters. The summed E-state index contributed by atoms with van der Waals surface area (Å²) in [6.07, 6.45) is 43.0. The SMILES string of the molecule is CCCCCC/C=C\C/C=C\CCCCCCCCCC(=O)OC(COC(=O)CCCCCCC/C=C\CCCCCCC)COP(=O)([O-])OCC[N+](C)(C)C. The molecule has 0 saturated heterocycles. The molecule has 0 fully saturated rings. The molecule has 2 atom stereocenters. The Balaban J connectivity index is 4.36. The van der Waals surface area contributed by atoms with Crippen molar-refractivity contribution in [2.24, 2.45) is 0 Å². The molecule has 0 saturated carbocycles. The molecule has 0 N–H and O–H groups in total. The maximum absolute atomic E-state index is 12.7. The van der Waals surface area contributed by atoms with Crippen LogP contribution < -0.4 is 4.89 Å². The number of esters is 2. The van der Waals surface area contributed by atoms with Gasteiger partial charge in [0.15, 0.2) is 6.10 Å². The number of phosphoric acid groups is 1. The first-order chi connectivity index (χ1) is 27.0. The Morgan fingerprint density at radius 2 is 0.964 bits per heavy atom. The molecule has 0 aromatic rings. The number of quaternary nitrogens is 1.